The third-order valence-electron chi connectivity index (χ3n) is 4.60. The first-order chi connectivity index (χ1) is 13.0. The summed E-state index contributed by atoms with van der Waals surface area (Å²) in [6.45, 7) is 0.543. The van der Waals surface area contributed by atoms with Gasteiger partial charge in [-0.3, -0.25) is 9.36 Å². The SMILES string of the molecule is O=C1NCCC1=C(c1ccccc1)c1cn(C(=O)O)c2cc(Cl)cc(Cl)c12. The minimum atomic E-state index is -1.15. The molecule has 1 saturated heterocycles. The van der Waals surface area contributed by atoms with E-state index in [1.807, 2.05) is 30.3 Å². The normalized spacial score (nSPS) is 15.9. The van der Waals surface area contributed by atoms with Gasteiger partial charge in [0, 0.05) is 34.3 Å². The lowest BCUT2D eigenvalue weighted by molar-refractivity contribution is -0.116. The standard InChI is InChI=1S/C20H14Cl2N2O3/c21-12-8-15(22)18-14(10-24(20(26)27)16(18)9-12)17(11-4-2-1-3-5-11)13-6-7-23-19(13)25/h1-5,8-10H,6-7H2,(H,23,25)(H,26,27). The summed E-state index contributed by atoms with van der Waals surface area (Å²) in [6.07, 6.45) is 0.891. The fourth-order valence-corrected chi connectivity index (χ4v) is 4.07. The van der Waals surface area contributed by atoms with E-state index in [1.54, 1.807) is 12.1 Å². The van der Waals surface area contributed by atoms with E-state index in [4.69, 9.17) is 23.2 Å². The number of halogens is 2. The number of carbonyl (C=O) groups is 2. The molecule has 2 heterocycles. The molecule has 0 bridgehead atoms. The lowest BCUT2D eigenvalue weighted by Crippen LogP contribution is -2.15. The summed E-state index contributed by atoms with van der Waals surface area (Å²) in [6, 6.07) is 12.5. The van der Waals surface area contributed by atoms with Crippen LogP contribution in [0, 0.1) is 0 Å². The maximum absolute atomic E-state index is 12.4. The van der Waals surface area contributed by atoms with Crippen LogP contribution in [0.4, 0.5) is 4.79 Å². The number of rotatable bonds is 2. The van der Waals surface area contributed by atoms with Crippen LogP contribution in [-0.2, 0) is 4.79 Å². The molecule has 1 aromatic heterocycles. The highest BCUT2D eigenvalue weighted by molar-refractivity contribution is 6.39. The molecule has 1 aliphatic rings. The quantitative estimate of drug-likeness (QED) is 0.607. The van der Waals surface area contributed by atoms with Gasteiger partial charge < -0.3 is 10.4 Å². The van der Waals surface area contributed by atoms with Crippen LogP contribution in [0.25, 0.3) is 16.5 Å². The Morgan fingerprint density at radius 2 is 1.89 bits per heavy atom. The molecule has 0 unspecified atom stereocenters. The zero-order valence-corrected chi connectivity index (χ0v) is 15.5. The van der Waals surface area contributed by atoms with E-state index in [9.17, 15) is 14.7 Å². The van der Waals surface area contributed by atoms with E-state index < -0.39 is 6.09 Å². The number of aromatic nitrogens is 1. The second-order valence-corrected chi connectivity index (χ2v) is 7.05. The number of hydrogen-bond donors (Lipinski definition) is 2. The Hall–Kier alpha value is -2.76. The highest BCUT2D eigenvalue weighted by Gasteiger charge is 2.27. The van der Waals surface area contributed by atoms with Gasteiger partial charge in [0.1, 0.15) is 0 Å². The van der Waals surface area contributed by atoms with Gasteiger partial charge >= 0.3 is 6.09 Å². The van der Waals surface area contributed by atoms with Gasteiger partial charge in [-0.1, -0.05) is 53.5 Å². The highest BCUT2D eigenvalue weighted by Crippen LogP contribution is 2.40. The van der Waals surface area contributed by atoms with Crippen LogP contribution in [0.2, 0.25) is 10.0 Å². The first kappa shape index (κ1) is 17.6. The average Bonchev–Trinajstić information content (AvgIpc) is 3.21. The molecule has 1 amide bonds. The van der Waals surface area contributed by atoms with Crippen molar-refractivity contribution in [3.05, 3.63) is 75.4 Å². The molecule has 0 aliphatic carbocycles. The lowest BCUT2D eigenvalue weighted by atomic mass is 9.92. The number of carbonyl (C=O) groups excluding carboxylic acids is 1. The Bertz CT molecular complexity index is 1120. The summed E-state index contributed by atoms with van der Waals surface area (Å²) in [5, 5.41) is 13.7. The summed E-state index contributed by atoms with van der Waals surface area (Å²) >= 11 is 12.5. The van der Waals surface area contributed by atoms with Crippen LogP contribution in [0.3, 0.4) is 0 Å². The Kier molecular flexibility index (Phi) is 4.42. The smallest absolute Gasteiger partial charge is 0.416 e. The molecule has 4 rings (SSSR count). The molecular formula is C20H14Cl2N2O3. The van der Waals surface area contributed by atoms with Crippen LogP contribution >= 0.6 is 23.2 Å². The van der Waals surface area contributed by atoms with E-state index in [-0.39, 0.29) is 5.91 Å². The highest BCUT2D eigenvalue weighted by atomic mass is 35.5. The molecule has 1 aliphatic heterocycles. The topological polar surface area (TPSA) is 71.3 Å². The van der Waals surface area contributed by atoms with Crippen LogP contribution in [0.1, 0.15) is 17.5 Å². The van der Waals surface area contributed by atoms with Gasteiger partial charge in [0.05, 0.1) is 10.5 Å². The number of amides is 1. The molecule has 0 spiro atoms. The van der Waals surface area contributed by atoms with Gasteiger partial charge in [0.25, 0.3) is 0 Å². The molecule has 7 heteroatoms. The first-order valence-electron chi connectivity index (χ1n) is 8.28. The number of nitrogens with one attached hydrogen (secondary N) is 1. The summed E-state index contributed by atoms with van der Waals surface area (Å²) in [5.41, 5.74) is 3.08. The van der Waals surface area contributed by atoms with Crippen LogP contribution in [-0.4, -0.2) is 28.2 Å². The van der Waals surface area contributed by atoms with Gasteiger partial charge in [-0.25, -0.2) is 4.79 Å². The van der Waals surface area contributed by atoms with Crippen molar-refractivity contribution in [2.45, 2.75) is 6.42 Å². The Morgan fingerprint density at radius 1 is 1.15 bits per heavy atom. The van der Waals surface area contributed by atoms with Crippen LogP contribution < -0.4 is 5.32 Å². The van der Waals surface area contributed by atoms with Crippen LogP contribution in [0.5, 0.6) is 0 Å². The minimum Gasteiger partial charge on any atom is -0.464 e. The molecule has 0 saturated carbocycles. The van der Waals surface area contributed by atoms with E-state index in [0.717, 1.165) is 10.1 Å². The summed E-state index contributed by atoms with van der Waals surface area (Å²) in [4.78, 5) is 24.2. The van der Waals surface area contributed by atoms with Crippen LogP contribution in [0.15, 0.2) is 54.2 Å². The van der Waals surface area contributed by atoms with E-state index in [1.165, 1.54) is 6.20 Å². The van der Waals surface area contributed by atoms with Gasteiger partial charge in [-0.05, 0) is 29.7 Å². The fourth-order valence-electron chi connectivity index (χ4n) is 3.48. The van der Waals surface area contributed by atoms with Crippen molar-refractivity contribution in [3.8, 4) is 0 Å². The zero-order valence-electron chi connectivity index (χ0n) is 14.0. The fraction of sp³-hybridized carbons (Fsp3) is 0.100. The van der Waals surface area contributed by atoms with Crippen molar-refractivity contribution in [3.63, 3.8) is 0 Å². The van der Waals surface area contributed by atoms with Crippen molar-refractivity contribution in [1.82, 2.24) is 9.88 Å². The average molecular weight is 401 g/mol. The van der Waals surface area contributed by atoms with Crippen molar-refractivity contribution in [2.24, 2.45) is 0 Å². The summed E-state index contributed by atoms with van der Waals surface area (Å²) in [7, 11) is 0. The lowest BCUT2D eigenvalue weighted by Gasteiger charge is -2.11. The van der Waals surface area contributed by atoms with Crippen molar-refractivity contribution >= 4 is 51.7 Å². The third-order valence-corrected chi connectivity index (χ3v) is 5.11. The molecular weight excluding hydrogens is 387 g/mol. The molecule has 0 atom stereocenters. The molecule has 3 aromatic rings. The Balaban J connectivity index is 2.12. The molecule has 5 nitrogen and oxygen atoms in total. The van der Waals surface area contributed by atoms with E-state index in [0.29, 0.717) is 50.6 Å². The maximum Gasteiger partial charge on any atom is 0.416 e. The number of nitrogens with zero attached hydrogens (tertiary/aromatic N) is 1. The molecule has 2 aromatic carbocycles. The Morgan fingerprint density at radius 3 is 2.52 bits per heavy atom. The summed E-state index contributed by atoms with van der Waals surface area (Å²) < 4.78 is 1.08. The van der Waals surface area contributed by atoms with Gasteiger partial charge in [0.15, 0.2) is 0 Å². The van der Waals surface area contributed by atoms with Crippen molar-refractivity contribution in [1.29, 1.82) is 0 Å². The predicted octanol–water partition coefficient (Wildman–Crippen LogP) is 4.80. The monoisotopic (exact) mass is 400 g/mol. The first-order valence-corrected chi connectivity index (χ1v) is 9.03. The van der Waals surface area contributed by atoms with Crippen molar-refractivity contribution < 1.29 is 14.7 Å². The van der Waals surface area contributed by atoms with E-state index in [2.05, 4.69) is 5.32 Å². The molecule has 136 valence electrons. The van der Waals surface area contributed by atoms with Gasteiger partial charge in [-0.15, -0.1) is 0 Å². The van der Waals surface area contributed by atoms with E-state index >= 15 is 0 Å². The predicted molar refractivity (Wildman–Crippen MR) is 105 cm³/mol. The number of carboxylic acid groups (broad SMARTS) is 1. The number of fused-ring (bicyclic) bond motifs is 1. The maximum atomic E-state index is 12.4. The molecule has 0 radical (unpaired) electrons. The van der Waals surface area contributed by atoms with Gasteiger partial charge in [0.2, 0.25) is 5.91 Å². The largest absolute Gasteiger partial charge is 0.464 e. The minimum absolute atomic E-state index is 0.157. The number of benzene rings is 2. The van der Waals surface area contributed by atoms with Crippen molar-refractivity contribution in [2.75, 3.05) is 6.54 Å². The molecule has 27 heavy (non-hydrogen) atoms. The third kappa shape index (κ3) is 2.99. The molecule has 2 N–H and O–H groups in total. The zero-order chi connectivity index (χ0) is 19.1. The second kappa shape index (κ2) is 6.76. The number of hydrogen-bond acceptors (Lipinski definition) is 2. The second-order valence-electron chi connectivity index (χ2n) is 6.20. The molecule has 1 fully saturated rings. The Labute approximate surface area is 164 Å². The summed E-state index contributed by atoms with van der Waals surface area (Å²) in [5.74, 6) is -0.157. The van der Waals surface area contributed by atoms with Gasteiger partial charge in [-0.2, -0.15) is 0 Å².